The first kappa shape index (κ1) is 21.8. The summed E-state index contributed by atoms with van der Waals surface area (Å²) in [5.74, 6) is 0.581. The van der Waals surface area contributed by atoms with Gasteiger partial charge in [0.25, 0.3) is 10.0 Å². The van der Waals surface area contributed by atoms with Crippen molar-refractivity contribution in [2.75, 3.05) is 17.8 Å². The van der Waals surface area contributed by atoms with Crippen molar-refractivity contribution in [2.24, 2.45) is 0 Å². The molecule has 1 unspecified atom stereocenters. The number of hydrogen-bond donors (Lipinski definition) is 2. The summed E-state index contributed by atoms with van der Waals surface area (Å²) in [6.07, 6.45) is 2.63. The van der Waals surface area contributed by atoms with Crippen molar-refractivity contribution in [1.29, 1.82) is 0 Å². The third kappa shape index (κ3) is 4.61. The molecule has 164 valence electrons. The number of aromatic nitrogens is 3. The average Bonchev–Trinajstić information content (AvgIpc) is 3.40. The van der Waals surface area contributed by atoms with Gasteiger partial charge in [-0.2, -0.15) is 0 Å². The van der Waals surface area contributed by atoms with E-state index in [0.717, 1.165) is 25.1 Å². The molecule has 0 bridgehead atoms. The molecule has 3 aromatic rings. The maximum Gasteiger partial charge on any atom is 0.261 e. The molecule has 1 atom stereocenters. The highest BCUT2D eigenvalue weighted by Crippen LogP contribution is 2.33. The highest BCUT2D eigenvalue weighted by Gasteiger charge is 2.24. The summed E-state index contributed by atoms with van der Waals surface area (Å²) in [5, 5.41) is 12.2. The molecule has 1 aliphatic heterocycles. The lowest BCUT2D eigenvalue weighted by molar-refractivity contribution is 0.550. The normalized spacial score (nSPS) is 17.1. The van der Waals surface area contributed by atoms with Crippen LogP contribution in [0.4, 0.5) is 5.69 Å². The number of anilines is 1. The third-order valence-electron chi connectivity index (χ3n) is 5.50. The quantitative estimate of drug-likeness (QED) is 0.596. The van der Waals surface area contributed by atoms with Gasteiger partial charge in [-0.3, -0.25) is 4.72 Å². The van der Waals surface area contributed by atoms with Gasteiger partial charge in [-0.05, 0) is 54.3 Å². The molecular formula is C22H26ClN5O2S. The molecule has 0 aliphatic carbocycles. The molecule has 9 heteroatoms. The van der Waals surface area contributed by atoms with E-state index in [0.29, 0.717) is 22.1 Å². The molecule has 31 heavy (non-hydrogen) atoms. The maximum absolute atomic E-state index is 13.1. The zero-order valence-corrected chi connectivity index (χ0v) is 19.3. The molecular weight excluding hydrogens is 434 g/mol. The smallest absolute Gasteiger partial charge is 0.261 e. The largest absolute Gasteiger partial charge is 0.315 e. The lowest BCUT2D eigenvalue weighted by atomic mass is 9.87. The van der Waals surface area contributed by atoms with Gasteiger partial charge in [0.05, 0.1) is 16.6 Å². The minimum atomic E-state index is -3.80. The molecule has 0 amide bonds. The van der Waals surface area contributed by atoms with Crippen molar-refractivity contribution in [3.05, 3.63) is 59.4 Å². The van der Waals surface area contributed by atoms with Crippen molar-refractivity contribution in [2.45, 2.75) is 43.5 Å². The zero-order chi connectivity index (χ0) is 22.2. The molecule has 7 nitrogen and oxygen atoms in total. The van der Waals surface area contributed by atoms with E-state index in [4.69, 9.17) is 11.6 Å². The molecule has 0 radical (unpaired) electrons. The Morgan fingerprint density at radius 1 is 1.16 bits per heavy atom. The van der Waals surface area contributed by atoms with Crippen LogP contribution in [-0.4, -0.2) is 36.3 Å². The predicted molar refractivity (Wildman–Crippen MR) is 123 cm³/mol. The summed E-state index contributed by atoms with van der Waals surface area (Å²) in [7, 11) is -3.80. The first-order valence-corrected chi connectivity index (χ1v) is 12.0. The summed E-state index contributed by atoms with van der Waals surface area (Å²) in [5.41, 5.74) is 2.01. The number of hydrogen-bond acceptors (Lipinski definition) is 5. The molecule has 2 N–H and O–H groups in total. The van der Waals surface area contributed by atoms with Crippen LogP contribution in [0.2, 0.25) is 5.02 Å². The molecule has 2 heterocycles. The Balaban J connectivity index is 1.69. The van der Waals surface area contributed by atoms with E-state index in [2.05, 4.69) is 41.0 Å². The van der Waals surface area contributed by atoms with Crippen molar-refractivity contribution in [3.8, 4) is 11.4 Å². The second-order valence-electron chi connectivity index (χ2n) is 8.78. The fourth-order valence-electron chi connectivity index (χ4n) is 3.71. The minimum absolute atomic E-state index is 0.0573. The number of rotatable bonds is 5. The molecule has 4 rings (SSSR count). The minimum Gasteiger partial charge on any atom is -0.315 e. The molecule has 0 spiro atoms. The number of nitrogens with zero attached hydrogens (tertiary/aromatic N) is 3. The summed E-state index contributed by atoms with van der Waals surface area (Å²) in [4.78, 5) is 0.197. The number of sulfonamides is 1. The average molecular weight is 460 g/mol. The molecule has 1 saturated heterocycles. The first-order valence-electron chi connectivity index (χ1n) is 10.2. The Morgan fingerprint density at radius 2 is 1.90 bits per heavy atom. The van der Waals surface area contributed by atoms with Gasteiger partial charge >= 0.3 is 0 Å². The Hall–Kier alpha value is -2.42. The van der Waals surface area contributed by atoms with E-state index in [-0.39, 0.29) is 16.4 Å². The Bertz CT molecular complexity index is 1180. The lowest BCUT2D eigenvalue weighted by Crippen LogP contribution is -2.16. The summed E-state index contributed by atoms with van der Waals surface area (Å²) < 4.78 is 30.9. The van der Waals surface area contributed by atoms with Crippen molar-refractivity contribution in [1.82, 2.24) is 20.1 Å². The third-order valence-corrected chi connectivity index (χ3v) is 7.11. The van der Waals surface area contributed by atoms with Crippen molar-refractivity contribution >= 4 is 27.3 Å². The molecule has 1 fully saturated rings. The van der Waals surface area contributed by atoms with Gasteiger partial charge in [-0.25, -0.2) is 8.42 Å². The van der Waals surface area contributed by atoms with Gasteiger partial charge in [0.1, 0.15) is 6.33 Å². The fraction of sp³-hybridized carbons (Fsp3) is 0.364. The SMILES string of the molecule is CC(C)(C)c1ccc(S(=O)(=O)Nc2ccc(Cl)cc2-c2nncn2C2CCNC2)cc1. The topological polar surface area (TPSA) is 88.9 Å². The van der Waals surface area contributed by atoms with Gasteiger partial charge in [0.2, 0.25) is 0 Å². The van der Waals surface area contributed by atoms with E-state index in [9.17, 15) is 8.42 Å². The van der Waals surface area contributed by atoms with Crippen LogP contribution in [0.5, 0.6) is 0 Å². The summed E-state index contributed by atoms with van der Waals surface area (Å²) in [6.45, 7) is 7.99. The fourth-order valence-corrected chi connectivity index (χ4v) is 4.96. The van der Waals surface area contributed by atoms with E-state index < -0.39 is 10.0 Å². The Kier molecular flexibility index (Phi) is 5.81. The van der Waals surface area contributed by atoms with Crippen LogP contribution in [0.25, 0.3) is 11.4 Å². The van der Waals surface area contributed by atoms with Crippen molar-refractivity contribution < 1.29 is 8.42 Å². The van der Waals surface area contributed by atoms with E-state index in [1.807, 2.05) is 16.7 Å². The number of benzene rings is 2. The molecule has 1 aliphatic rings. The van der Waals surface area contributed by atoms with Crippen LogP contribution < -0.4 is 10.0 Å². The Labute approximate surface area is 187 Å². The van der Waals surface area contributed by atoms with Crippen LogP contribution in [-0.2, 0) is 15.4 Å². The van der Waals surface area contributed by atoms with Gasteiger partial charge in [-0.15, -0.1) is 10.2 Å². The van der Waals surface area contributed by atoms with Crippen LogP contribution in [0.15, 0.2) is 53.7 Å². The lowest BCUT2D eigenvalue weighted by Gasteiger charge is -2.19. The van der Waals surface area contributed by atoms with Gasteiger partial charge in [0, 0.05) is 17.1 Å². The molecule has 2 aromatic carbocycles. The van der Waals surface area contributed by atoms with Gasteiger partial charge < -0.3 is 9.88 Å². The maximum atomic E-state index is 13.1. The van der Waals surface area contributed by atoms with E-state index in [1.54, 1.807) is 36.7 Å². The molecule has 1 aromatic heterocycles. The number of halogens is 1. The Morgan fingerprint density at radius 3 is 2.55 bits per heavy atom. The van der Waals surface area contributed by atoms with Crippen LogP contribution in [0, 0.1) is 0 Å². The highest BCUT2D eigenvalue weighted by atomic mass is 35.5. The predicted octanol–water partition coefficient (Wildman–Crippen LogP) is 4.23. The van der Waals surface area contributed by atoms with Crippen LogP contribution in [0.3, 0.4) is 0 Å². The standard InChI is InChI=1S/C22H26ClN5O2S/c1-22(2,3)15-4-7-18(8-5-15)31(29,30)27-20-9-6-16(23)12-19(20)21-26-25-14-28(21)17-10-11-24-13-17/h4-9,12,14,17,24,27H,10-11,13H2,1-3H3. The summed E-state index contributed by atoms with van der Waals surface area (Å²) >= 11 is 6.25. The van der Waals surface area contributed by atoms with E-state index >= 15 is 0 Å². The monoisotopic (exact) mass is 459 g/mol. The zero-order valence-electron chi connectivity index (χ0n) is 17.8. The second-order valence-corrected chi connectivity index (χ2v) is 10.9. The van der Waals surface area contributed by atoms with Crippen LogP contribution in [0.1, 0.15) is 38.8 Å². The van der Waals surface area contributed by atoms with Gasteiger partial charge in [0.15, 0.2) is 5.82 Å². The van der Waals surface area contributed by atoms with Crippen molar-refractivity contribution in [3.63, 3.8) is 0 Å². The van der Waals surface area contributed by atoms with Crippen LogP contribution >= 0.6 is 11.6 Å². The molecule has 0 saturated carbocycles. The highest BCUT2D eigenvalue weighted by molar-refractivity contribution is 7.92. The first-order chi connectivity index (χ1) is 14.6. The second kappa shape index (κ2) is 8.26. The number of nitrogens with one attached hydrogen (secondary N) is 2. The summed E-state index contributed by atoms with van der Waals surface area (Å²) in [6, 6.07) is 12.2. The van der Waals surface area contributed by atoms with E-state index in [1.165, 1.54) is 0 Å². The van der Waals surface area contributed by atoms with Gasteiger partial charge in [-0.1, -0.05) is 44.5 Å².